The third-order valence-corrected chi connectivity index (χ3v) is 3.16. The second-order valence-electron chi connectivity index (χ2n) is 4.55. The summed E-state index contributed by atoms with van der Waals surface area (Å²) in [6, 6.07) is 16.6. The molecule has 0 aliphatic carbocycles. The maximum Gasteiger partial charge on any atom is 0.0430 e. The molecule has 0 atom stereocenters. The van der Waals surface area contributed by atoms with Crippen molar-refractivity contribution in [2.24, 2.45) is 0 Å². The molecule has 18 heavy (non-hydrogen) atoms. The first-order valence-electron chi connectivity index (χ1n) is 6.35. The van der Waals surface area contributed by atoms with Gasteiger partial charge in [0.15, 0.2) is 0 Å². The lowest BCUT2D eigenvalue weighted by Crippen LogP contribution is -2.22. The smallest absolute Gasteiger partial charge is 0.0430 e. The average Bonchev–Trinajstić information content (AvgIpc) is 2.37. The minimum absolute atomic E-state index is 0.827. The molecule has 0 unspecified atom stereocenters. The van der Waals surface area contributed by atoms with E-state index in [1.54, 1.807) is 0 Å². The molecule has 2 rings (SSSR count). The van der Waals surface area contributed by atoms with E-state index in [2.05, 4.69) is 49.1 Å². The topological polar surface area (TPSA) is 29.3 Å². The molecular weight excluding hydrogens is 220 g/mol. The van der Waals surface area contributed by atoms with Gasteiger partial charge < -0.3 is 10.6 Å². The van der Waals surface area contributed by atoms with Gasteiger partial charge in [0.05, 0.1) is 0 Å². The van der Waals surface area contributed by atoms with Crippen LogP contribution in [0.2, 0.25) is 0 Å². The molecule has 0 aromatic heterocycles. The normalized spacial score (nSPS) is 10.3. The summed E-state index contributed by atoms with van der Waals surface area (Å²) < 4.78 is 0. The van der Waals surface area contributed by atoms with Crippen LogP contribution in [0.1, 0.15) is 18.1 Å². The number of aryl methyl sites for hydroxylation is 1. The lowest BCUT2D eigenvalue weighted by Gasteiger charge is -2.25. The van der Waals surface area contributed by atoms with E-state index in [0.717, 1.165) is 18.8 Å². The highest BCUT2D eigenvalue weighted by molar-refractivity contribution is 5.53. The number of benzene rings is 2. The summed E-state index contributed by atoms with van der Waals surface area (Å²) in [6.45, 7) is 6.21. The molecule has 2 aromatic carbocycles. The Morgan fingerprint density at radius 3 is 2.50 bits per heavy atom. The molecule has 0 saturated carbocycles. The molecule has 0 aliphatic heterocycles. The number of hydrogen-bond acceptors (Lipinski definition) is 2. The minimum Gasteiger partial charge on any atom is -0.399 e. The molecule has 0 heterocycles. The number of rotatable bonds is 4. The van der Waals surface area contributed by atoms with E-state index in [-0.39, 0.29) is 0 Å². The maximum absolute atomic E-state index is 5.83. The molecule has 2 N–H and O–H groups in total. The van der Waals surface area contributed by atoms with Crippen LogP contribution in [0.4, 0.5) is 11.4 Å². The Morgan fingerprint density at radius 1 is 1.06 bits per heavy atom. The summed E-state index contributed by atoms with van der Waals surface area (Å²) in [5.41, 5.74) is 10.5. The predicted molar refractivity (Wildman–Crippen MR) is 78.8 cm³/mol. The Morgan fingerprint density at radius 2 is 1.83 bits per heavy atom. The summed E-state index contributed by atoms with van der Waals surface area (Å²) >= 11 is 0. The van der Waals surface area contributed by atoms with E-state index in [1.807, 2.05) is 18.2 Å². The number of hydrogen-bond donors (Lipinski definition) is 1. The van der Waals surface area contributed by atoms with E-state index >= 15 is 0 Å². The molecule has 2 aromatic rings. The third kappa shape index (κ3) is 2.83. The summed E-state index contributed by atoms with van der Waals surface area (Å²) in [5.74, 6) is 0. The van der Waals surface area contributed by atoms with Crippen LogP contribution in [0.5, 0.6) is 0 Å². The molecule has 2 nitrogen and oxygen atoms in total. The van der Waals surface area contributed by atoms with Crippen LogP contribution in [0, 0.1) is 6.92 Å². The van der Waals surface area contributed by atoms with Gasteiger partial charge in [-0.05, 0) is 43.2 Å². The van der Waals surface area contributed by atoms with Crippen LogP contribution >= 0.6 is 0 Å². The van der Waals surface area contributed by atoms with Crippen molar-refractivity contribution in [1.29, 1.82) is 0 Å². The first-order valence-corrected chi connectivity index (χ1v) is 6.35. The van der Waals surface area contributed by atoms with Crippen molar-refractivity contribution in [2.75, 3.05) is 17.2 Å². The third-order valence-electron chi connectivity index (χ3n) is 3.16. The van der Waals surface area contributed by atoms with Crippen LogP contribution in [0.25, 0.3) is 0 Å². The largest absolute Gasteiger partial charge is 0.399 e. The number of nitrogens with zero attached hydrogens (tertiary/aromatic N) is 1. The number of anilines is 2. The van der Waals surface area contributed by atoms with Gasteiger partial charge in [-0.2, -0.15) is 0 Å². The van der Waals surface area contributed by atoms with Gasteiger partial charge in [0.1, 0.15) is 0 Å². The van der Waals surface area contributed by atoms with Crippen molar-refractivity contribution in [3.63, 3.8) is 0 Å². The monoisotopic (exact) mass is 240 g/mol. The van der Waals surface area contributed by atoms with Crippen molar-refractivity contribution in [1.82, 2.24) is 0 Å². The van der Waals surface area contributed by atoms with Crippen LogP contribution in [0.3, 0.4) is 0 Å². The molecule has 2 heteroatoms. The minimum atomic E-state index is 0.827. The Bertz CT molecular complexity index is 520. The van der Waals surface area contributed by atoms with Crippen molar-refractivity contribution in [2.45, 2.75) is 20.4 Å². The SMILES string of the molecule is CCN(Cc1cccc(N)c1)c1ccccc1C. The van der Waals surface area contributed by atoms with Gasteiger partial charge in [0.2, 0.25) is 0 Å². The highest BCUT2D eigenvalue weighted by Crippen LogP contribution is 2.21. The highest BCUT2D eigenvalue weighted by atomic mass is 15.1. The van der Waals surface area contributed by atoms with Crippen LogP contribution in [0.15, 0.2) is 48.5 Å². The second-order valence-corrected chi connectivity index (χ2v) is 4.55. The Kier molecular flexibility index (Phi) is 3.88. The molecule has 0 amide bonds. The average molecular weight is 240 g/mol. The van der Waals surface area contributed by atoms with Gasteiger partial charge in [0.25, 0.3) is 0 Å². The molecule has 0 bridgehead atoms. The number of nitrogen functional groups attached to an aromatic ring is 1. The fourth-order valence-corrected chi connectivity index (χ4v) is 2.20. The fourth-order valence-electron chi connectivity index (χ4n) is 2.20. The maximum atomic E-state index is 5.83. The lowest BCUT2D eigenvalue weighted by molar-refractivity contribution is 0.828. The zero-order chi connectivity index (χ0) is 13.0. The number of para-hydroxylation sites is 1. The molecule has 94 valence electrons. The van der Waals surface area contributed by atoms with Crippen molar-refractivity contribution in [3.05, 3.63) is 59.7 Å². The van der Waals surface area contributed by atoms with E-state index in [9.17, 15) is 0 Å². The molecule has 0 radical (unpaired) electrons. The molecule has 0 fully saturated rings. The Labute approximate surface area is 109 Å². The summed E-state index contributed by atoms with van der Waals surface area (Å²) in [6.07, 6.45) is 0. The predicted octanol–water partition coefficient (Wildman–Crippen LogP) is 3.60. The highest BCUT2D eigenvalue weighted by Gasteiger charge is 2.07. The van der Waals surface area contributed by atoms with E-state index in [1.165, 1.54) is 16.8 Å². The summed E-state index contributed by atoms with van der Waals surface area (Å²) in [7, 11) is 0. The van der Waals surface area contributed by atoms with Gasteiger partial charge >= 0.3 is 0 Å². The van der Waals surface area contributed by atoms with Crippen molar-refractivity contribution in [3.8, 4) is 0 Å². The first kappa shape index (κ1) is 12.5. The van der Waals surface area contributed by atoms with E-state index in [4.69, 9.17) is 5.73 Å². The summed E-state index contributed by atoms with van der Waals surface area (Å²) in [4.78, 5) is 2.37. The lowest BCUT2D eigenvalue weighted by atomic mass is 10.1. The molecular formula is C16H20N2. The summed E-state index contributed by atoms with van der Waals surface area (Å²) in [5, 5.41) is 0. The van der Waals surface area contributed by atoms with Crippen LogP contribution in [-0.2, 0) is 6.54 Å². The first-order chi connectivity index (χ1) is 8.70. The molecule has 0 aliphatic rings. The van der Waals surface area contributed by atoms with E-state index < -0.39 is 0 Å². The van der Waals surface area contributed by atoms with Crippen LogP contribution < -0.4 is 10.6 Å². The van der Waals surface area contributed by atoms with E-state index in [0.29, 0.717) is 0 Å². The zero-order valence-electron chi connectivity index (χ0n) is 11.1. The van der Waals surface area contributed by atoms with Gasteiger partial charge in [-0.1, -0.05) is 30.3 Å². The second kappa shape index (κ2) is 5.58. The number of nitrogens with two attached hydrogens (primary N) is 1. The van der Waals surface area contributed by atoms with Gasteiger partial charge in [0, 0.05) is 24.5 Å². The molecule has 0 spiro atoms. The molecule has 0 saturated heterocycles. The van der Waals surface area contributed by atoms with Gasteiger partial charge in [-0.15, -0.1) is 0 Å². The van der Waals surface area contributed by atoms with Gasteiger partial charge in [-0.25, -0.2) is 0 Å². The Hall–Kier alpha value is -1.96. The Balaban J connectivity index is 2.23. The standard InChI is InChI=1S/C16H20N2/c1-3-18(16-10-5-4-7-13(16)2)12-14-8-6-9-15(17)11-14/h4-11H,3,12,17H2,1-2H3. The van der Waals surface area contributed by atoms with Crippen LogP contribution in [-0.4, -0.2) is 6.54 Å². The van der Waals surface area contributed by atoms with Gasteiger partial charge in [-0.3, -0.25) is 0 Å². The fraction of sp³-hybridized carbons (Fsp3) is 0.250. The van der Waals surface area contributed by atoms with Crippen molar-refractivity contribution < 1.29 is 0 Å². The zero-order valence-corrected chi connectivity index (χ0v) is 11.1. The quantitative estimate of drug-likeness (QED) is 0.827. The van der Waals surface area contributed by atoms with Crippen molar-refractivity contribution >= 4 is 11.4 Å².